The molecule has 5 N–H and O–H groups in total. The number of H-pyrrole nitrogens is 1. The van der Waals surface area contributed by atoms with Crippen molar-refractivity contribution in [2.24, 2.45) is 5.73 Å². The Kier molecular flexibility index (Phi) is 6.42. The summed E-state index contributed by atoms with van der Waals surface area (Å²) in [6.07, 6.45) is 2.73. The topological polar surface area (TPSA) is 147 Å². The maximum atomic E-state index is 12.5. The molecule has 0 atom stereocenters. The number of rotatable bonds is 7. The summed E-state index contributed by atoms with van der Waals surface area (Å²) < 4.78 is 27.5. The first-order valence-electron chi connectivity index (χ1n) is 8.88. The number of hydrogen-bond donors (Lipinski definition) is 4. The number of anilines is 2. The molecule has 0 aliphatic carbocycles. The molecular formula is C20H18ClN5O4S. The van der Waals surface area contributed by atoms with E-state index in [0.717, 1.165) is 0 Å². The predicted molar refractivity (Wildman–Crippen MR) is 118 cm³/mol. The Morgan fingerprint density at radius 3 is 2.45 bits per heavy atom. The van der Waals surface area contributed by atoms with Crippen molar-refractivity contribution in [3.63, 3.8) is 0 Å². The predicted octanol–water partition coefficient (Wildman–Crippen LogP) is 2.92. The van der Waals surface area contributed by atoms with Gasteiger partial charge in [-0.2, -0.15) is 5.10 Å². The van der Waals surface area contributed by atoms with Gasteiger partial charge in [0.2, 0.25) is 5.91 Å². The Morgan fingerprint density at radius 2 is 1.81 bits per heavy atom. The Morgan fingerprint density at radius 1 is 1.13 bits per heavy atom. The third kappa shape index (κ3) is 5.30. The fourth-order valence-electron chi connectivity index (χ4n) is 2.60. The molecule has 0 aliphatic rings. The minimum Gasteiger partial charge on any atom is -0.364 e. The van der Waals surface area contributed by atoms with Gasteiger partial charge in [0.15, 0.2) is 5.69 Å². The normalized spacial score (nSPS) is 11.4. The lowest BCUT2D eigenvalue weighted by atomic mass is 10.2. The molecule has 3 rings (SSSR count). The van der Waals surface area contributed by atoms with Crippen LogP contribution in [0.3, 0.4) is 0 Å². The van der Waals surface area contributed by atoms with Crippen LogP contribution in [0.4, 0.5) is 11.4 Å². The van der Waals surface area contributed by atoms with E-state index in [1.54, 1.807) is 43.3 Å². The first-order valence-corrected chi connectivity index (χ1v) is 10.7. The standard InChI is InChI=1S/C20H18ClN5O4S/c1-12-18(19(20(22)28)25-24-12)23-17(27)11-8-13-6-9-14(10-7-13)31(29,30)26-16-5-3-2-4-15(16)21/h2-11,26H,1H3,(H2,22,28)(H,23,27)(H,24,25)/b11-8+. The summed E-state index contributed by atoms with van der Waals surface area (Å²) in [6.45, 7) is 1.63. The van der Waals surface area contributed by atoms with E-state index < -0.39 is 21.8 Å². The third-order valence-corrected chi connectivity index (χ3v) is 5.88. The van der Waals surface area contributed by atoms with Crippen LogP contribution in [0.25, 0.3) is 6.08 Å². The highest BCUT2D eigenvalue weighted by Crippen LogP contribution is 2.24. The van der Waals surface area contributed by atoms with Gasteiger partial charge >= 0.3 is 0 Å². The highest BCUT2D eigenvalue weighted by molar-refractivity contribution is 7.92. The zero-order valence-corrected chi connectivity index (χ0v) is 17.8. The number of carbonyl (C=O) groups is 2. The molecule has 1 heterocycles. The molecule has 0 unspecified atom stereocenters. The molecule has 0 spiro atoms. The molecule has 0 aliphatic heterocycles. The van der Waals surface area contributed by atoms with Crippen molar-refractivity contribution < 1.29 is 18.0 Å². The van der Waals surface area contributed by atoms with Gasteiger partial charge in [0, 0.05) is 6.08 Å². The maximum absolute atomic E-state index is 12.5. The number of para-hydroxylation sites is 1. The van der Waals surface area contributed by atoms with E-state index in [1.165, 1.54) is 24.3 Å². The van der Waals surface area contributed by atoms with E-state index in [2.05, 4.69) is 20.2 Å². The maximum Gasteiger partial charge on any atom is 0.271 e. The van der Waals surface area contributed by atoms with E-state index in [0.29, 0.717) is 11.3 Å². The van der Waals surface area contributed by atoms with Crippen LogP contribution in [-0.4, -0.2) is 30.4 Å². The van der Waals surface area contributed by atoms with Crippen molar-refractivity contribution in [2.75, 3.05) is 10.0 Å². The zero-order chi connectivity index (χ0) is 22.6. The number of aromatic nitrogens is 2. The number of carbonyl (C=O) groups excluding carboxylic acids is 2. The van der Waals surface area contributed by atoms with Crippen LogP contribution < -0.4 is 15.8 Å². The van der Waals surface area contributed by atoms with Gasteiger partial charge in [-0.25, -0.2) is 8.42 Å². The molecule has 160 valence electrons. The zero-order valence-electron chi connectivity index (χ0n) is 16.2. The number of amides is 2. The lowest BCUT2D eigenvalue weighted by Gasteiger charge is -2.09. The number of nitrogens with zero attached hydrogens (tertiary/aromatic N) is 1. The second-order valence-corrected chi connectivity index (χ2v) is 8.50. The molecule has 0 saturated carbocycles. The summed E-state index contributed by atoms with van der Waals surface area (Å²) in [7, 11) is -3.83. The molecule has 0 saturated heterocycles. The van der Waals surface area contributed by atoms with Gasteiger partial charge in [0.1, 0.15) is 0 Å². The van der Waals surface area contributed by atoms with Gasteiger partial charge in [-0.3, -0.25) is 19.4 Å². The number of sulfonamides is 1. The van der Waals surface area contributed by atoms with Crippen LogP contribution in [-0.2, 0) is 14.8 Å². The third-order valence-electron chi connectivity index (χ3n) is 4.16. The molecule has 3 aromatic rings. The van der Waals surface area contributed by atoms with Crippen molar-refractivity contribution in [2.45, 2.75) is 11.8 Å². The van der Waals surface area contributed by atoms with E-state index in [9.17, 15) is 18.0 Å². The van der Waals surface area contributed by atoms with Crippen LogP contribution in [0.1, 0.15) is 21.7 Å². The van der Waals surface area contributed by atoms with E-state index >= 15 is 0 Å². The van der Waals surface area contributed by atoms with Crippen LogP contribution in [0.15, 0.2) is 59.5 Å². The van der Waals surface area contributed by atoms with Crippen molar-refractivity contribution >= 4 is 50.9 Å². The number of primary amides is 1. The van der Waals surface area contributed by atoms with Gasteiger partial charge in [-0.15, -0.1) is 0 Å². The SMILES string of the molecule is Cc1[nH]nc(C(N)=O)c1NC(=O)/C=C/c1ccc(S(=O)(=O)Nc2ccccc2Cl)cc1. The minimum absolute atomic E-state index is 0.0362. The van der Waals surface area contributed by atoms with Crippen molar-refractivity contribution in [3.05, 3.63) is 76.6 Å². The number of benzene rings is 2. The fourth-order valence-corrected chi connectivity index (χ4v) is 3.92. The number of nitrogens with two attached hydrogens (primary N) is 1. The van der Waals surface area contributed by atoms with Crippen LogP contribution in [0.5, 0.6) is 0 Å². The van der Waals surface area contributed by atoms with E-state index in [4.69, 9.17) is 17.3 Å². The molecule has 0 radical (unpaired) electrons. The van der Waals surface area contributed by atoms with Gasteiger partial charge in [0.25, 0.3) is 15.9 Å². The van der Waals surface area contributed by atoms with E-state index in [1.807, 2.05) is 0 Å². The highest BCUT2D eigenvalue weighted by atomic mass is 35.5. The fraction of sp³-hybridized carbons (Fsp3) is 0.0500. The molecule has 2 amide bonds. The van der Waals surface area contributed by atoms with Crippen molar-refractivity contribution in [3.8, 4) is 0 Å². The van der Waals surface area contributed by atoms with Gasteiger partial charge in [-0.05, 0) is 42.8 Å². The average Bonchev–Trinajstić information content (AvgIpc) is 3.09. The summed E-state index contributed by atoms with van der Waals surface area (Å²) >= 11 is 6.00. The lowest BCUT2D eigenvalue weighted by molar-refractivity contribution is -0.111. The number of hydrogen-bond acceptors (Lipinski definition) is 5. The Balaban J connectivity index is 1.70. The summed E-state index contributed by atoms with van der Waals surface area (Å²) in [5.74, 6) is -1.28. The lowest BCUT2D eigenvalue weighted by Crippen LogP contribution is -2.16. The highest BCUT2D eigenvalue weighted by Gasteiger charge is 2.17. The van der Waals surface area contributed by atoms with E-state index in [-0.39, 0.29) is 27.0 Å². The van der Waals surface area contributed by atoms with Crippen LogP contribution >= 0.6 is 11.6 Å². The van der Waals surface area contributed by atoms with Gasteiger partial charge in [0.05, 0.1) is 27.0 Å². The molecule has 11 heteroatoms. The van der Waals surface area contributed by atoms with Crippen molar-refractivity contribution in [1.29, 1.82) is 0 Å². The molecule has 9 nitrogen and oxygen atoms in total. The Bertz CT molecular complexity index is 1270. The summed E-state index contributed by atoms with van der Waals surface area (Å²) in [5, 5.41) is 9.14. The molecular weight excluding hydrogens is 442 g/mol. The monoisotopic (exact) mass is 459 g/mol. The molecule has 0 bridgehead atoms. The number of aromatic amines is 1. The second-order valence-electron chi connectivity index (χ2n) is 6.41. The molecule has 2 aromatic carbocycles. The quantitative estimate of drug-likeness (QED) is 0.401. The van der Waals surface area contributed by atoms with Crippen LogP contribution in [0.2, 0.25) is 5.02 Å². The molecule has 31 heavy (non-hydrogen) atoms. The van der Waals surface area contributed by atoms with Gasteiger partial charge < -0.3 is 11.1 Å². The largest absolute Gasteiger partial charge is 0.364 e. The summed E-state index contributed by atoms with van der Waals surface area (Å²) in [5.41, 5.74) is 6.70. The number of nitrogens with one attached hydrogen (secondary N) is 3. The smallest absolute Gasteiger partial charge is 0.271 e. The summed E-state index contributed by atoms with van der Waals surface area (Å²) in [4.78, 5) is 23.5. The average molecular weight is 460 g/mol. The first-order chi connectivity index (χ1) is 14.7. The number of aryl methyl sites for hydroxylation is 1. The van der Waals surface area contributed by atoms with Crippen LogP contribution in [0, 0.1) is 6.92 Å². The minimum atomic E-state index is -3.83. The Labute approximate surface area is 183 Å². The number of halogens is 1. The second kappa shape index (κ2) is 9.02. The molecule has 0 fully saturated rings. The summed E-state index contributed by atoms with van der Waals surface area (Å²) in [6, 6.07) is 12.4. The van der Waals surface area contributed by atoms with Gasteiger partial charge in [-0.1, -0.05) is 35.9 Å². The Hall–Kier alpha value is -3.63. The molecule has 1 aromatic heterocycles. The first kappa shape index (κ1) is 22.1. The van der Waals surface area contributed by atoms with Crippen molar-refractivity contribution in [1.82, 2.24) is 10.2 Å².